The summed E-state index contributed by atoms with van der Waals surface area (Å²) in [5.41, 5.74) is -3.18. The second kappa shape index (κ2) is 14.0. The molecule has 1 atom stereocenters. The van der Waals surface area contributed by atoms with Crippen molar-refractivity contribution in [2.24, 2.45) is 0 Å². The maximum atomic E-state index is 14.6. The Bertz CT molecular complexity index is 1760. The molecule has 1 aliphatic rings. The molecule has 2 nitrogen and oxygen atoms in total. The molecule has 4 rings (SSSR count). The summed E-state index contributed by atoms with van der Waals surface area (Å²) >= 11 is 0. The topological polar surface area (TPSA) is 18.5 Å². The average Bonchev–Trinajstić information content (AvgIpc) is 2.94. The lowest BCUT2D eigenvalue weighted by atomic mass is 10.0. The Balaban J connectivity index is 1.50. The largest absolute Gasteiger partial charge is 0.432 e. The van der Waals surface area contributed by atoms with Gasteiger partial charge < -0.3 is 9.47 Å². The summed E-state index contributed by atoms with van der Waals surface area (Å²) in [5, 5.41) is 0. The monoisotopic (exact) mass is 638 g/mol. The number of hydrogen-bond donors (Lipinski definition) is 0. The van der Waals surface area contributed by atoms with E-state index in [2.05, 4.69) is 28.4 Å². The van der Waals surface area contributed by atoms with E-state index in [1.165, 1.54) is 6.07 Å². The molecule has 1 unspecified atom stereocenters. The molecule has 0 aromatic heterocycles. The Morgan fingerprint density at radius 1 is 0.756 bits per heavy atom. The number of ether oxygens (including phenoxy) is 2. The fourth-order valence-electron chi connectivity index (χ4n) is 4.01. The van der Waals surface area contributed by atoms with E-state index in [1.54, 1.807) is 0 Å². The van der Waals surface area contributed by atoms with E-state index in [1.807, 2.05) is 6.92 Å². The lowest BCUT2D eigenvalue weighted by Gasteiger charge is -2.19. The van der Waals surface area contributed by atoms with Crippen LogP contribution in [0.15, 0.2) is 65.8 Å². The van der Waals surface area contributed by atoms with E-state index in [-0.39, 0.29) is 29.7 Å². The zero-order valence-electron chi connectivity index (χ0n) is 23.1. The fourth-order valence-corrected chi connectivity index (χ4v) is 4.01. The van der Waals surface area contributed by atoms with Crippen LogP contribution in [-0.4, -0.2) is 12.7 Å². The smallest absolute Gasteiger partial charge is 0.429 e. The molecular weight excluding hydrogens is 618 g/mol. The van der Waals surface area contributed by atoms with E-state index in [9.17, 15) is 43.9 Å². The van der Waals surface area contributed by atoms with Gasteiger partial charge in [0.1, 0.15) is 40.4 Å². The Labute approximate surface area is 251 Å². The van der Waals surface area contributed by atoms with Crippen LogP contribution in [0.4, 0.5) is 43.9 Å². The second-order valence-electron chi connectivity index (χ2n) is 9.59. The third-order valence-electron chi connectivity index (χ3n) is 6.23. The lowest BCUT2D eigenvalue weighted by molar-refractivity contribution is -0.189. The van der Waals surface area contributed by atoms with Crippen LogP contribution in [-0.2, 0) is 10.8 Å². The van der Waals surface area contributed by atoms with Gasteiger partial charge in [0.05, 0.1) is 17.2 Å². The van der Waals surface area contributed by atoms with Crippen LogP contribution in [0, 0.1) is 58.6 Å². The average molecular weight is 639 g/mol. The third-order valence-corrected chi connectivity index (χ3v) is 6.23. The zero-order valence-corrected chi connectivity index (χ0v) is 23.1. The highest BCUT2D eigenvalue weighted by Gasteiger charge is 2.41. The quantitative estimate of drug-likeness (QED) is 0.111. The third kappa shape index (κ3) is 8.08. The van der Waals surface area contributed by atoms with Crippen LogP contribution in [0.25, 0.3) is 0 Å². The molecule has 0 aliphatic heterocycles. The summed E-state index contributed by atoms with van der Waals surface area (Å²) < 4.78 is 151. The molecule has 1 aliphatic carbocycles. The number of hydrogen-bond acceptors (Lipinski definition) is 2. The van der Waals surface area contributed by atoms with Crippen molar-refractivity contribution in [2.45, 2.75) is 38.4 Å². The molecule has 0 radical (unpaired) electrons. The van der Waals surface area contributed by atoms with Gasteiger partial charge in [0.25, 0.3) is 0 Å². The number of halogens is 10. The van der Waals surface area contributed by atoms with Crippen molar-refractivity contribution in [2.75, 3.05) is 6.61 Å². The van der Waals surface area contributed by atoms with Crippen molar-refractivity contribution < 1.29 is 53.4 Å². The van der Waals surface area contributed by atoms with Gasteiger partial charge in [-0.25, -0.2) is 35.1 Å². The van der Waals surface area contributed by atoms with Gasteiger partial charge in [-0.3, -0.25) is 0 Å². The molecule has 0 spiro atoms. The normalized spacial score (nSPS) is 14.7. The van der Waals surface area contributed by atoms with Crippen molar-refractivity contribution in [3.05, 3.63) is 123 Å². The summed E-state index contributed by atoms with van der Waals surface area (Å²) in [6, 6.07) is 4.21. The first-order valence-corrected chi connectivity index (χ1v) is 13.2. The molecule has 0 bridgehead atoms. The minimum absolute atomic E-state index is 0.0251. The van der Waals surface area contributed by atoms with Gasteiger partial charge in [0.15, 0.2) is 17.5 Å². The van der Waals surface area contributed by atoms with Crippen LogP contribution < -0.4 is 4.74 Å². The molecule has 45 heavy (non-hydrogen) atoms. The molecule has 234 valence electrons. The number of allylic oxidation sites excluding steroid dienone is 2. The summed E-state index contributed by atoms with van der Waals surface area (Å²) in [6.45, 7) is 2.29. The number of rotatable bonds is 7. The molecular formula is C33H20F10O2. The first-order valence-electron chi connectivity index (χ1n) is 13.2. The fraction of sp³-hybridized carbons (Fsp3) is 0.212. The first-order chi connectivity index (χ1) is 21.3. The van der Waals surface area contributed by atoms with Gasteiger partial charge in [-0.15, -0.1) is 0 Å². The van der Waals surface area contributed by atoms with Gasteiger partial charge in [-0.05, 0) is 42.8 Å². The van der Waals surface area contributed by atoms with E-state index >= 15 is 0 Å². The lowest BCUT2D eigenvalue weighted by Crippen LogP contribution is -2.25. The molecule has 0 saturated heterocycles. The van der Waals surface area contributed by atoms with Crippen molar-refractivity contribution in [3.8, 4) is 29.4 Å². The highest BCUT2D eigenvalue weighted by atomic mass is 19.3. The SMILES string of the molecule is CCCCOC1C=C(F)C(C#Cc2ccc(C#Cc3cc(F)c(C(F)(F)Oc4cc(F)c(F)c(F)c4)c(F)c3)c(F)c2)=C(F)C1. The van der Waals surface area contributed by atoms with Crippen molar-refractivity contribution in [1.82, 2.24) is 0 Å². The van der Waals surface area contributed by atoms with Crippen LogP contribution in [0.2, 0.25) is 0 Å². The molecule has 0 heterocycles. The number of benzene rings is 3. The Morgan fingerprint density at radius 3 is 1.98 bits per heavy atom. The number of alkyl halides is 2. The molecule has 3 aromatic rings. The van der Waals surface area contributed by atoms with E-state index < -0.39 is 81.2 Å². The van der Waals surface area contributed by atoms with Crippen LogP contribution >= 0.6 is 0 Å². The molecule has 0 fully saturated rings. The van der Waals surface area contributed by atoms with Gasteiger partial charge in [-0.1, -0.05) is 37.0 Å². The predicted octanol–water partition coefficient (Wildman–Crippen LogP) is 9.07. The summed E-state index contributed by atoms with van der Waals surface area (Å²) in [6.07, 6.45) is -3.06. The summed E-state index contributed by atoms with van der Waals surface area (Å²) in [5.74, 6) is -4.10. The highest BCUT2D eigenvalue weighted by molar-refractivity contribution is 5.52. The van der Waals surface area contributed by atoms with Crippen molar-refractivity contribution in [3.63, 3.8) is 0 Å². The standard InChI is InChI=1S/C33H20F10O2/c1-2-3-10-44-21-14-25(35)23(26(36)15-21)9-6-18-4-7-20(24(34)11-18)8-5-19-12-27(37)31(28(38)13-19)33(42,43)45-22-16-29(39)32(41)30(40)17-22/h4,7,11-14,16-17,21H,2-3,10,15H2,1H3. The van der Waals surface area contributed by atoms with Crippen molar-refractivity contribution in [1.29, 1.82) is 0 Å². The molecule has 0 saturated carbocycles. The highest BCUT2D eigenvalue weighted by Crippen LogP contribution is 2.36. The van der Waals surface area contributed by atoms with Gasteiger partial charge >= 0.3 is 6.11 Å². The Morgan fingerprint density at radius 2 is 1.38 bits per heavy atom. The Kier molecular flexibility index (Phi) is 10.3. The minimum Gasteiger partial charge on any atom is -0.429 e. The maximum absolute atomic E-state index is 14.6. The van der Waals surface area contributed by atoms with Crippen molar-refractivity contribution >= 4 is 0 Å². The van der Waals surface area contributed by atoms with E-state index in [4.69, 9.17) is 4.74 Å². The maximum Gasteiger partial charge on any atom is 0.432 e. The van der Waals surface area contributed by atoms with Gasteiger partial charge in [0, 0.05) is 36.3 Å². The van der Waals surface area contributed by atoms with Gasteiger partial charge in [-0.2, -0.15) is 8.78 Å². The molecule has 3 aromatic carbocycles. The Hall–Kier alpha value is -4.68. The predicted molar refractivity (Wildman–Crippen MR) is 143 cm³/mol. The number of unbranched alkanes of at least 4 members (excludes halogenated alkanes) is 1. The summed E-state index contributed by atoms with van der Waals surface area (Å²) in [4.78, 5) is 0. The van der Waals surface area contributed by atoms with E-state index in [0.717, 1.165) is 31.1 Å². The van der Waals surface area contributed by atoms with Crippen LogP contribution in [0.3, 0.4) is 0 Å². The molecule has 0 N–H and O–H groups in total. The minimum atomic E-state index is -4.79. The van der Waals surface area contributed by atoms with Crippen LogP contribution in [0.1, 0.15) is 48.4 Å². The van der Waals surface area contributed by atoms with Crippen LogP contribution in [0.5, 0.6) is 5.75 Å². The summed E-state index contributed by atoms with van der Waals surface area (Å²) in [7, 11) is 0. The van der Waals surface area contributed by atoms with Gasteiger partial charge in [0.2, 0.25) is 0 Å². The zero-order chi connectivity index (χ0) is 32.9. The first kappa shape index (κ1) is 33.2. The second-order valence-corrected chi connectivity index (χ2v) is 9.59. The molecule has 0 amide bonds. The molecule has 12 heteroatoms. The van der Waals surface area contributed by atoms with E-state index in [0.29, 0.717) is 18.7 Å².